The number of aromatic carboxylic acids is 1. The molecule has 0 aliphatic heterocycles. The number of carboxylic acid groups (broad SMARTS) is 1. The lowest BCUT2D eigenvalue weighted by atomic mass is 10.1. The van der Waals surface area contributed by atoms with Crippen LogP contribution in [-0.4, -0.2) is 17.0 Å². The van der Waals surface area contributed by atoms with Crippen molar-refractivity contribution in [2.45, 2.75) is 25.8 Å². The lowest BCUT2D eigenvalue weighted by Crippen LogP contribution is -2.29. The molecule has 0 fully saturated rings. The summed E-state index contributed by atoms with van der Waals surface area (Å²) in [5.41, 5.74) is 0.902. The molecule has 1 unspecified atom stereocenters. The minimum Gasteiger partial charge on any atom is -0.478 e. The standard InChI is InChI=1S/C16H17NO3S/c1-2-13(14-7-4-8-21-14)17-15(18)10-11-5-3-6-12(9-11)16(19)20/h3-9,13H,2,10H2,1H3,(H,17,18)(H,19,20). The number of nitrogens with one attached hydrogen (secondary N) is 1. The molecule has 4 nitrogen and oxygen atoms in total. The van der Waals surface area contributed by atoms with Crippen LogP contribution >= 0.6 is 11.3 Å². The monoisotopic (exact) mass is 303 g/mol. The Hall–Kier alpha value is -2.14. The minimum absolute atomic E-state index is 0.0140. The van der Waals surface area contributed by atoms with Crippen LogP contribution < -0.4 is 5.32 Å². The average molecular weight is 303 g/mol. The third-order valence-corrected chi connectivity index (χ3v) is 4.15. The fourth-order valence-corrected chi connectivity index (χ4v) is 2.97. The SMILES string of the molecule is CCC(NC(=O)Cc1cccc(C(=O)O)c1)c1cccs1. The summed E-state index contributed by atoms with van der Waals surface area (Å²) >= 11 is 1.62. The quantitative estimate of drug-likeness (QED) is 0.861. The first-order valence-corrected chi connectivity index (χ1v) is 7.63. The van der Waals surface area contributed by atoms with E-state index in [1.807, 2.05) is 24.4 Å². The van der Waals surface area contributed by atoms with E-state index in [4.69, 9.17) is 5.11 Å². The van der Waals surface area contributed by atoms with Crippen LogP contribution in [0.2, 0.25) is 0 Å². The number of hydrogen-bond donors (Lipinski definition) is 2. The fourth-order valence-electron chi connectivity index (χ4n) is 2.11. The molecule has 1 aromatic heterocycles. The molecule has 2 aromatic rings. The summed E-state index contributed by atoms with van der Waals surface area (Å²) in [6.45, 7) is 2.02. The van der Waals surface area contributed by atoms with Gasteiger partial charge in [0.15, 0.2) is 0 Å². The van der Waals surface area contributed by atoms with E-state index in [1.165, 1.54) is 12.1 Å². The zero-order valence-corrected chi connectivity index (χ0v) is 12.5. The summed E-state index contributed by atoms with van der Waals surface area (Å²) in [7, 11) is 0. The van der Waals surface area contributed by atoms with Gasteiger partial charge in [0.05, 0.1) is 18.0 Å². The normalized spacial score (nSPS) is 11.9. The van der Waals surface area contributed by atoms with Gasteiger partial charge in [-0.1, -0.05) is 25.1 Å². The third-order valence-electron chi connectivity index (χ3n) is 3.17. The Labute approximate surface area is 127 Å². The molecule has 2 rings (SSSR count). The van der Waals surface area contributed by atoms with Gasteiger partial charge in [0.25, 0.3) is 0 Å². The van der Waals surface area contributed by atoms with Gasteiger partial charge < -0.3 is 10.4 Å². The van der Waals surface area contributed by atoms with Gasteiger partial charge in [-0.2, -0.15) is 0 Å². The summed E-state index contributed by atoms with van der Waals surface area (Å²) in [6.07, 6.45) is 1.00. The molecule has 0 saturated carbocycles. The van der Waals surface area contributed by atoms with Crippen molar-refractivity contribution in [1.82, 2.24) is 5.32 Å². The van der Waals surface area contributed by atoms with Crippen molar-refractivity contribution >= 4 is 23.2 Å². The van der Waals surface area contributed by atoms with E-state index < -0.39 is 5.97 Å². The van der Waals surface area contributed by atoms with Crippen LogP contribution in [-0.2, 0) is 11.2 Å². The molecule has 110 valence electrons. The second-order valence-electron chi connectivity index (χ2n) is 4.73. The van der Waals surface area contributed by atoms with E-state index in [1.54, 1.807) is 23.5 Å². The maximum Gasteiger partial charge on any atom is 0.335 e. The Morgan fingerprint density at radius 3 is 2.71 bits per heavy atom. The molecule has 0 saturated heterocycles. The highest BCUT2D eigenvalue weighted by Crippen LogP contribution is 2.21. The highest BCUT2D eigenvalue weighted by molar-refractivity contribution is 7.10. The first kappa shape index (κ1) is 15.3. The molecule has 0 aliphatic carbocycles. The Kier molecular flexibility index (Phi) is 5.11. The summed E-state index contributed by atoms with van der Waals surface area (Å²) in [5, 5.41) is 13.9. The number of hydrogen-bond acceptors (Lipinski definition) is 3. The van der Waals surface area contributed by atoms with Gasteiger partial charge in [-0.15, -0.1) is 11.3 Å². The highest BCUT2D eigenvalue weighted by atomic mass is 32.1. The van der Waals surface area contributed by atoms with E-state index in [9.17, 15) is 9.59 Å². The van der Waals surface area contributed by atoms with Crippen molar-refractivity contribution in [3.05, 3.63) is 57.8 Å². The van der Waals surface area contributed by atoms with Gasteiger partial charge in [0, 0.05) is 4.88 Å². The number of carboxylic acids is 1. The molecule has 0 radical (unpaired) electrons. The Balaban J connectivity index is 2.01. The average Bonchev–Trinajstić information content (AvgIpc) is 2.99. The molecule has 2 N–H and O–H groups in total. The molecule has 1 atom stereocenters. The molecular formula is C16H17NO3S. The van der Waals surface area contributed by atoms with E-state index in [2.05, 4.69) is 5.32 Å². The van der Waals surface area contributed by atoms with Crippen LogP contribution in [0.4, 0.5) is 0 Å². The molecule has 0 aliphatic rings. The lowest BCUT2D eigenvalue weighted by molar-refractivity contribution is -0.121. The third kappa shape index (κ3) is 4.16. The molecule has 1 amide bonds. The lowest BCUT2D eigenvalue weighted by Gasteiger charge is -2.15. The molecule has 0 spiro atoms. The van der Waals surface area contributed by atoms with Gasteiger partial charge >= 0.3 is 5.97 Å². The molecule has 1 heterocycles. The number of benzene rings is 1. The van der Waals surface area contributed by atoms with Crippen molar-refractivity contribution in [3.63, 3.8) is 0 Å². The predicted octanol–water partition coefficient (Wildman–Crippen LogP) is 3.26. The zero-order valence-electron chi connectivity index (χ0n) is 11.7. The predicted molar refractivity (Wildman–Crippen MR) is 82.6 cm³/mol. The Morgan fingerprint density at radius 1 is 1.29 bits per heavy atom. The maximum atomic E-state index is 12.1. The Bertz CT molecular complexity index is 622. The summed E-state index contributed by atoms with van der Waals surface area (Å²) in [5.74, 6) is -1.08. The minimum atomic E-state index is -0.984. The second-order valence-corrected chi connectivity index (χ2v) is 5.71. The van der Waals surface area contributed by atoms with Gasteiger partial charge in [0.2, 0.25) is 5.91 Å². The highest BCUT2D eigenvalue weighted by Gasteiger charge is 2.14. The largest absolute Gasteiger partial charge is 0.478 e. The van der Waals surface area contributed by atoms with Crippen LogP contribution in [0, 0.1) is 0 Å². The number of carbonyl (C=O) groups excluding carboxylic acids is 1. The topological polar surface area (TPSA) is 66.4 Å². The van der Waals surface area contributed by atoms with E-state index in [-0.39, 0.29) is 23.9 Å². The van der Waals surface area contributed by atoms with E-state index in [0.29, 0.717) is 5.56 Å². The molecule has 21 heavy (non-hydrogen) atoms. The molecule has 0 bridgehead atoms. The zero-order chi connectivity index (χ0) is 15.2. The van der Waals surface area contributed by atoms with Crippen LogP contribution in [0.15, 0.2) is 41.8 Å². The van der Waals surface area contributed by atoms with Crippen LogP contribution in [0.1, 0.15) is 40.2 Å². The van der Waals surface area contributed by atoms with Crippen LogP contribution in [0.3, 0.4) is 0 Å². The van der Waals surface area contributed by atoms with Crippen molar-refractivity contribution < 1.29 is 14.7 Å². The second kappa shape index (κ2) is 7.04. The van der Waals surface area contributed by atoms with Crippen molar-refractivity contribution in [3.8, 4) is 0 Å². The van der Waals surface area contributed by atoms with Crippen molar-refractivity contribution in [2.24, 2.45) is 0 Å². The smallest absolute Gasteiger partial charge is 0.335 e. The summed E-state index contributed by atoms with van der Waals surface area (Å²) in [4.78, 5) is 24.2. The Morgan fingerprint density at radius 2 is 2.10 bits per heavy atom. The van der Waals surface area contributed by atoms with Crippen LogP contribution in [0.25, 0.3) is 0 Å². The van der Waals surface area contributed by atoms with Gasteiger partial charge in [-0.05, 0) is 35.6 Å². The van der Waals surface area contributed by atoms with Gasteiger partial charge in [0.1, 0.15) is 0 Å². The number of amides is 1. The maximum absolute atomic E-state index is 12.1. The van der Waals surface area contributed by atoms with E-state index in [0.717, 1.165) is 11.3 Å². The van der Waals surface area contributed by atoms with Crippen molar-refractivity contribution in [1.29, 1.82) is 0 Å². The number of carbonyl (C=O) groups is 2. The molecule has 1 aromatic carbocycles. The number of rotatable bonds is 6. The first-order valence-electron chi connectivity index (χ1n) is 6.75. The van der Waals surface area contributed by atoms with E-state index >= 15 is 0 Å². The van der Waals surface area contributed by atoms with Crippen molar-refractivity contribution in [2.75, 3.05) is 0 Å². The fraction of sp³-hybridized carbons (Fsp3) is 0.250. The van der Waals surface area contributed by atoms with Gasteiger partial charge in [-0.25, -0.2) is 4.79 Å². The van der Waals surface area contributed by atoms with Gasteiger partial charge in [-0.3, -0.25) is 4.79 Å². The summed E-state index contributed by atoms with van der Waals surface area (Å²) < 4.78 is 0. The summed E-state index contributed by atoms with van der Waals surface area (Å²) in [6, 6.07) is 10.5. The first-order chi connectivity index (χ1) is 10.1. The molecular weight excluding hydrogens is 286 g/mol. The number of thiophene rings is 1. The molecule has 5 heteroatoms. The van der Waals surface area contributed by atoms with Crippen LogP contribution in [0.5, 0.6) is 0 Å².